The molecule has 0 aromatic rings. The molecule has 3 heteroatoms. The van der Waals surface area contributed by atoms with Crippen LogP contribution in [-0.4, -0.2) is 26.7 Å². The first kappa shape index (κ1) is 9.08. The second-order valence-corrected chi connectivity index (χ2v) is 4.47. The van der Waals surface area contributed by atoms with Crippen molar-refractivity contribution in [2.75, 3.05) is 6.61 Å². The van der Waals surface area contributed by atoms with Crippen molar-refractivity contribution in [3.8, 4) is 0 Å². The van der Waals surface area contributed by atoms with Gasteiger partial charge in [0.05, 0.1) is 12.6 Å². The Hall–Kier alpha value is -0.0151. The summed E-state index contributed by atoms with van der Waals surface area (Å²) in [5.41, 5.74) is 0.300. The van der Waals surface area contributed by atoms with Gasteiger partial charge in [0.15, 0.2) is 6.29 Å². The highest BCUT2D eigenvalue weighted by atomic mass is 16.7. The van der Waals surface area contributed by atoms with Crippen molar-refractivity contribution < 1.29 is 9.47 Å². The molecule has 1 aliphatic rings. The van der Waals surface area contributed by atoms with Crippen LogP contribution >= 0.6 is 0 Å². The van der Waals surface area contributed by atoms with Gasteiger partial charge in [-0.1, -0.05) is 20.8 Å². The van der Waals surface area contributed by atoms with Gasteiger partial charge in [0.1, 0.15) is 7.85 Å². The van der Waals surface area contributed by atoms with Gasteiger partial charge in [0.2, 0.25) is 0 Å². The number of rotatable bonds is 1. The molecule has 2 atom stereocenters. The van der Waals surface area contributed by atoms with Crippen molar-refractivity contribution in [3.05, 3.63) is 0 Å². The average molecular weight is 156 g/mol. The van der Waals surface area contributed by atoms with Crippen LogP contribution in [0.25, 0.3) is 0 Å². The van der Waals surface area contributed by atoms with E-state index in [4.69, 9.17) is 9.47 Å². The third-order valence-corrected chi connectivity index (χ3v) is 1.68. The Labute approximate surface area is 69.7 Å². The highest BCUT2D eigenvalue weighted by Crippen LogP contribution is 2.25. The van der Waals surface area contributed by atoms with Gasteiger partial charge in [-0.2, -0.15) is 0 Å². The maximum atomic E-state index is 5.52. The molecule has 0 spiro atoms. The molecule has 0 saturated carbocycles. The lowest BCUT2D eigenvalue weighted by Crippen LogP contribution is -2.19. The van der Waals surface area contributed by atoms with Crippen LogP contribution in [0.15, 0.2) is 0 Å². The van der Waals surface area contributed by atoms with E-state index in [0.717, 1.165) is 13.0 Å². The van der Waals surface area contributed by atoms with Crippen molar-refractivity contribution in [1.29, 1.82) is 0 Å². The zero-order valence-corrected chi connectivity index (χ0v) is 7.89. The molecular formula is C8H17BO2. The van der Waals surface area contributed by atoms with Crippen LogP contribution < -0.4 is 0 Å². The van der Waals surface area contributed by atoms with E-state index in [2.05, 4.69) is 20.8 Å². The van der Waals surface area contributed by atoms with E-state index in [9.17, 15) is 0 Å². The lowest BCUT2D eigenvalue weighted by atomic mass is 9.92. The molecule has 0 aliphatic carbocycles. The molecule has 2 unspecified atom stereocenters. The van der Waals surface area contributed by atoms with Crippen molar-refractivity contribution >= 4 is 7.85 Å². The molecule has 11 heavy (non-hydrogen) atoms. The van der Waals surface area contributed by atoms with Crippen LogP contribution in [0.3, 0.4) is 0 Å². The quantitative estimate of drug-likeness (QED) is 0.521. The fourth-order valence-electron chi connectivity index (χ4n) is 1.19. The fraction of sp³-hybridized carbons (Fsp3) is 1.00. The van der Waals surface area contributed by atoms with E-state index >= 15 is 0 Å². The molecule has 0 aromatic heterocycles. The van der Waals surface area contributed by atoms with Gasteiger partial charge in [0, 0.05) is 6.42 Å². The highest BCUT2D eigenvalue weighted by molar-refractivity contribution is 6.11. The molecule has 0 radical (unpaired) electrons. The molecular weight excluding hydrogens is 139 g/mol. The van der Waals surface area contributed by atoms with Gasteiger partial charge >= 0.3 is 0 Å². The van der Waals surface area contributed by atoms with Crippen molar-refractivity contribution in [2.24, 2.45) is 5.41 Å². The lowest BCUT2D eigenvalue weighted by molar-refractivity contribution is -0.0699. The molecule has 1 saturated heterocycles. The van der Waals surface area contributed by atoms with Crippen LogP contribution in [0, 0.1) is 5.41 Å². The summed E-state index contributed by atoms with van der Waals surface area (Å²) >= 11 is 0. The largest absolute Gasteiger partial charge is 0.356 e. The van der Waals surface area contributed by atoms with E-state index < -0.39 is 0 Å². The Morgan fingerprint density at radius 3 is 2.45 bits per heavy atom. The predicted octanol–water partition coefficient (Wildman–Crippen LogP) is 0.755. The minimum Gasteiger partial charge on any atom is -0.356 e. The van der Waals surface area contributed by atoms with Gasteiger partial charge < -0.3 is 9.47 Å². The van der Waals surface area contributed by atoms with Crippen LogP contribution in [0.2, 0.25) is 0 Å². The Balaban J connectivity index is 2.29. The zero-order valence-electron chi connectivity index (χ0n) is 7.89. The summed E-state index contributed by atoms with van der Waals surface area (Å²) in [5, 5.41) is 0. The first-order chi connectivity index (χ1) is 4.97. The summed E-state index contributed by atoms with van der Waals surface area (Å²) in [6.07, 6.45) is 1.02. The Kier molecular flexibility index (Phi) is 2.60. The van der Waals surface area contributed by atoms with E-state index in [-0.39, 0.29) is 12.3 Å². The first-order valence-electron chi connectivity index (χ1n) is 4.24. The standard InChI is InChI=1S/C8H17BO2/c1-8(2,3)4-7-10-5-6(9)11-7/h6-7H,4-5,9H2,1-3H3. The molecule has 0 amide bonds. The second-order valence-electron chi connectivity index (χ2n) is 4.47. The van der Waals surface area contributed by atoms with Gasteiger partial charge in [0.25, 0.3) is 0 Å². The van der Waals surface area contributed by atoms with Gasteiger partial charge in [-0.3, -0.25) is 0 Å². The lowest BCUT2D eigenvalue weighted by Gasteiger charge is -2.21. The van der Waals surface area contributed by atoms with E-state index in [0.29, 0.717) is 5.41 Å². The molecule has 2 nitrogen and oxygen atoms in total. The molecule has 1 rings (SSSR count). The van der Waals surface area contributed by atoms with Gasteiger partial charge in [-0.05, 0) is 5.41 Å². The third kappa shape index (κ3) is 3.26. The van der Waals surface area contributed by atoms with Crippen LogP contribution in [0.5, 0.6) is 0 Å². The van der Waals surface area contributed by atoms with Crippen LogP contribution in [0.1, 0.15) is 27.2 Å². The number of hydrogen-bond donors (Lipinski definition) is 0. The summed E-state index contributed by atoms with van der Waals surface area (Å²) in [7, 11) is 2.04. The molecule has 1 heterocycles. The Morgan fingerprint density at radius 1 is 1.45 bits per heavy atom. The van der Waals surface area contributed by atoms with Gasteiger partial charge in [-0.25, -0.2) is 0 Å². The van der Waals surface area contributed by atoms with Crippen molar-refractivity contribution in [2.45, 2.75) is 39.5 Å². The average Bonchev–Trinajstić information content (AvgIpc) is 2.10. The normalized spacial score (nSPS) is 32.6. The molecule has 0 bridgehead atoms. The van der Waals surface area contributed by atoms with E-state index in [1.54, 1.807) is 0 Å². The molecule has 64 valence electrons. The highest BCUT2D eigenvalue weighted by Gasteiger charge is 2.26. The van der Waals surface area contributed by atoms with Crippen molar-refractivity contribution in [1.82, 2.24) is 0 Å². The van der Waals surface area contributed by atoms with E-state index in [1.165, 1.54) is 0 Å². The Bertz CT molecular complexity index is 131. The number of ether oxygens (including phenoxy) is 2. The summed E-state index contributed by atoms with van der Waals surface area (Å²) in [5.74, 6) is 0. The van der Waals surface area contributed by atoms with Crippen molar-refractivity contribution in [3.63, 3.8) is 0 Å². The zero-order chi connectivity index (χ0) is 8.48. The predicted molar refractivity (Wildman–Crippen MR) is 47.2 cm³/mol. The molecule has 1 fully saturated rings. The monoisotopic (exact) mass is 156 g/mol. The first-order valence-corrected chi connectivity index (χ1v) is 4.24. The fourth-order valence-corrected chi connectivity index (χ4v) is 1.19. The maximum absolute atomic E-state index is 5.52. The number of hydrogen-bond acceptors (Lipinski definition) is 2. The second kappa shape index (κ2) is 3.15. The van der Waals surface area contributed by atoms with E-state index in [1.807, 2.05) is 7.85 Å². The Morgan fingerprint density at radius 2 is 2.09 bits per heavy atom. The summed E-state index contributed by atoms with van der Waals surface area (Å²) in [6.45, 7) is 7.34. The minimum atomic E-state index is 0.0324. The van der Waals surface area contributed by atoms with Crippen LogP contribution in [0.4, 0.5) is 0 Å². The van der Waals surface area contributed by atoms with Crippen LogP contribution in [-0.2, 0) is 9.47 Å². The molecule has 0 N–H and O–H groups in total. The summed E-state index contributed by atoms with van der Waals surface area (Å²) in [6, 6.07) is 0.280. The molecule has 1 aliphatic heterocycles. The molecule has 0 aromatic carbocycles. The minimum absolute atomic E-state index is 0.0324. The SMILES string of the molecule is BC1COC(CC(C)(C)C)O1. The summed E-state index contributed by atoms with van der Waals surface area (Å²) in [4.78, 5) is 0. The smallest absolute Gasteiger partial charge is 0.157 e. The third-order valence-electron chi connectivity index (χ3n) is 1.68. The van der Waals surface area contributed by atoms with Gasteiger partial charge in [-0.15, -0.1) is 0 Å². The summed E-state index contributed by atoms with van der Waals surface area (Å²) < 4.78 is 10.9. The topological polar surface area (TPSA) is 18.5 Å². The maximum Gasteiger partial charge on any atom is 0.157 e.